The van der Waals surface area contributed by atoms with Gasteiger partial charge in [0.25, 0.3) is 0 Å². The summed E-state index contributed by atoms with van der Waals surface area (Å²) in [6.45, 7) is -0.181. The Balaban J connectivity index is 2.87. The summed E-state index contributed by atoms with van der Waals surface area (Å²) < 4.78 is 27.3. The molecular weight excluding hydrogens is 228 g/mol. The molecule has 0 saturated carbocycles. The molecule has 0 radical (unpaired) electrons. The largest absolute Gasteiger partial charge is 0.497 e. The summed E-state index contributed by atoms with van der Waals surface area (Å²) in [5.74, 6) is 0.288. The van der Waals surface area contributed by atoms with Crippen LogP contribution in [0.5, 0.6) is 5.75 Å². The third-order valence-electron chi connectivity index (χ3n) is 2.31. The molecule has 0 aromatic heterocycles. The molecular formula is C11H16O4S. The number of aliphatic hydroxyl groups excluding tert-OH is 1. The van der Waals surface area contributed by atoms with Crippen LogP contribution in [0, 0.1) is 0 Å². The fourth-order valence-corrected chi connectivity index (χ4v) is 2.52. The molecule has 0 fully saturated rings. The second-order valence-electron chi connectivity index (χ2n) is 3.75. The van der Waals surface area contributed by atoms with E-state index in [-0.39, 0.29) is 18.3 Å². The summed E-state index contributed by atoms with van der Waals surface area (Å²) in [5, 5.41) is 9.17. The van der Waals surface area contributed by atoms with Gasteiger partial charge in [-0.1, -0.05) is 12.1 Å². The first-order valence-electron chi connectivity index (χ1n) is 4.89. The molecule has 0 saturated heterocycles. The summed E-state index contributed by atoms with van der Waals surface area (Å²) >= 11 is 0. The Morgan fingerprint density at radius 3 is 2.25 bits per heavy atom. The third-order valence-corrected chi connectivity index (χ3v) is 3.32. The molecule has 0 bridgehead atoms. The Kier molecular flexibility index (Phi) is 4.32. The summed E-state index contributed by atoms with van der Waals surface area (Å²) in [5.41, 5.74) is 0.800. The van der Waals surface area contributed by atoms with E-state index in [1.807, 2.05) is 0 Å². The molecule has 0 heterocycles. The van der Waals surface area contributed by atoms with Crippen molar-refractivity contribution in [1.82, 2.24) is 0 Å². The number of sulfone groups is 1. The second kappa shape index (κ2) is 5.32. The van der Waals surface area contributed by atoms with Crippen LogP contribution in [0.1, 0.15) is 11.5 Å². The van der Waals surface area contributed by atoms with Gasteiger partial charge in [-0.3, -0.25) is 0 Å². The van der Waals surface area contributed by atoms with Gasteiger partial charge in [-0.25, -0.2) is 8.42 Å². The highest BCUT2D eigenvalue weighted by molar-refractivity contribution is 7.90. The molecule has 0 aliphatic carbocycles. The van der Waals surface area contributed by atoms with Crippen molar-refractivity contribution in [2.75, 3.05) is 25.7 Å². The van der Waals surface area contributed by atoms with Gasteiger partial charge >= 0.3 is 0 Å². The smallest absolute Gasteiger partial charge is 0.148 e. The molecule has 1 atom stereocenters. The molecule has 0 aliphatic heterocycles. The van der Waals surface area contributed by atoms with Gasteiger partial charge in [-0.15, -0.1) is 0 Å². The van der Waals surface area contributed by atoms with Crippen LogP contribution in [0.2, 0.25) is 0 Å². The Morgan fingerprint density at radius 1 is 1.31 bits per heavy atom. The van der Waals surface area contributed by atoms with Gasteiger partial charge in [-0.2, -0.15) is 0 Å². The lowest BCUT2D eigenvalue weighted by molar-refractivity contribution is 0.273. The van der Waals surface area contributed by atoms with Crippen LogP contribution in [0.25, 0.3) is 0 Å². The Bertz CT molecular complexity index is 422. The van der Waals surface area contributed by atoms with Crippen molar-refractivity contribution in [2.45, 2.75) is 5.92 Å². The molecule has 1 aromatic rings. The molecule has 1 aromatic carbocycles. The SMILES string of the molecule is COc1ccc(C(CO)CS(C)(=O)=O)cc1. The highest BCUT2D eigenvalue weighted by Crippen LogP contribution is 2.20. The lowest BCUT2D eigenvalue weighted by Gasteiger charge is -2.13. The summed E-state index contributed by atoms with van der Waals surface area (Å²) in [6.07, 6.45) is 1.17. The van der Waals surface area contributed by atoms with Gasteiger partial charge in [0.15, 0.2) is 0 Å². The Labute approximate surface area is 95.8 Å². The number of aliphatic hydroxyl groups is 1. The van der Waals surface area contributed by atoms with E-state index in [1.165, 1.54) is 6.26 Å². The minimum absolute atomic E-state index is 0.0458. The van der Waals surface area contributed by atoms with E-state index < -0.39 is 9.84 Å². The summed E-state index contributed by atoms with van der Waals surface area (Å²) in [6, 6.07) is 7.04. The van der Waals surface area contributed by atoms with Crippen molar-refractivity contribution in [3.63, 3.8) is 0 Å². The monoisotopic (exact) mass is 244 g/mol. The minimum Gasteiger partial charge on any atom is -0.497 e. The molecule has 0 spiro atoms. The average Bonchev–Trinajstić information content (AvgIpc) is 2.25. The first kappa shape index (κ1) is 13.0. The lowest BCUT2D eigenvalue weighted by atomic mass is 10.0. The standard InChI is InChI=1S/C11H16O4S/c1-15-11-5-3-9(4-6-11)10(7-12)8-16(2,13)14/h3-6,10,12H,7-8H2,1-2H3. The molecule has 5 heteroatoms. The van der Waals surface area contributed by atoms with Crippen LogP contribution >= 0.6 is 0 Å². The maximum absolute atomic E-state index is 11.2. The molecule has 1 unspecified atom stereocenters. The van der Waals surface area contributed by atoms with Gasteiger partial charge in [0.2, 0.25) is 0 Å². The predicted octanol–water partition coefficient (Wildman–Crippen LogP) is 0.816. The predicted molar refractivity (Wildman–Crippen MR) is 62.5 cm³/mol. The fourth-order valence-electron chi connectivity index (χ4n) is 1.50. The van der Waals surface area contributed by atoms with Gasteiger partial charge in [0.05, 0.1) is 19.5 Å². The van der Waals surface area contributed by atoms with E-state index in [0.717, 1.165) is 5.56 Å². The van der Waals surface area contributed by atoms with Gasteiger partial charge in [-0.05, 0) is 17.7 Å². The minimum atomic E-state index is -3.09. The van der Waals surface area contributed by atoms with Gasteiger partial charge < -0.3 is 9.84 Å². The topological polar surface area (TPSA) is 63.6 Å². The van der Waals surface area contributed by atoms with Crippen molar-refractivity contribution in [3.8, 4) is 5.75 Å². The first-order valence-corrected chi connectivity index (χ1v) is 6.95. The van der Waals surface area contributed by atoms with Crippen LogP contribution in [-0.4, -0.2) is 39.2 Å². The van der Waals surface area contributed by atoms with E-state index in [9.17, 15) is 13.5 Å². The molecule has 1 rings (SSSR count). The maximum atomic E-state index is 11.2. The van der Waals surface area contributed by atoms with Crippen LogP contribution in [0.15, 0.2) is 24.3 Å². The number of benzene rings is 1. The van der Waals surface area contributed by atoms with E-state index >= 15 is 0 Å². The molecule has 90 valence electrons. The average molecular weight is 244 g/mol. The Morgan fingerprint density at radius 2 is 1.88 bits per heavy atom. The molecule has 16 heavy (non-hydrogen) atoms. The van der Waals surface area contributed by atoms with Gasteiger partial charge in [0.1, 0.15) is 15.6 Å². The summed E-state index contributed by atoms with van der Waals surface area (Å²) in [4.78, 5) is 0. The molecule has 1 N–H and O–H groups in total. The van der Waals surface area contributed by atoms with Crippen molar-refractivity contribution < 1.29 is 18.3 Å². The second-order valence-corrected chi connectivity index (χ2v) is 5.93. The molecule has 0 amide bonds. The van der Waals surface area contributed by atoms with E-state index in [4.69, 9.17) is 4.74 Å². The zero-order valence-electron chi connectivity index (χ0n) is 9.38. The van der Waals surface area contributed by atoms with Crippen molar-refractivity contribution in [2.24, 2.45) is 0 Å². The quantitative estimate of drug-likeness (QED) is 0.832. The number of methoxy groups -OCH3 is 1. The fraction of sp³-hybridized carbons (Fsp3) is 0.455. The van der Waals surface area contributed by atoms with Gasteiger partial charge in [0, 0.05) is 12.2 Å². The first-order chi connectivity index (χ1) is 7.46. The molecule has 0 aliphatic rings. The lowest BCUT2D eigenvalue weighted by Crippen LogP contribution is -2.16. The zero-order valence-corrected chi connectivity index (χ0v) is 10.2. The number of hydrogen-bond donors (Lipinski definition) is 1. The van der Waals surface area contributed by atoms with Crippen molar-refractivity contribution >= 4 is 9.84 Å². The number of rotatable bonds is 5. The third kappa shape index (κ3) is 3.83. The van der Waals surface area contributed by atoms with E-state index in [0.29, 0.717) is 5.75 Å². The highest BCUT2D eigenvalue weighted by atomic mass is 32.2. The highest BCUT2D eigenvalue weighted by Gasteiger charge is 2.16. The zero-order chi connectivity index (χ0) is 12.2. The van der Waals surface area contributed by atoms with E-state index in [2.05, 4.69) is 0 Å². The van der Waals surface area contributed by atoms with Crippen LogP contribution in [0.4, 0.5) is 0 Å². The van der Waals surface area contributed by atoms with E-state index in [1.54, 1.807) is 31.4 Å². The summed E-state index contributed by atoms with van der Waals surface area (Å²) in [7, 11) is -1.53. The number of hydrogen-bond acceptors (Lipinski definition) is 4. The van der Waals surface area contributed by atoms with Crippen LogP contribution < -0.4 is 4.74 Å². The van der Waals surface area contributed by atoms with Crippen molar-refractivity contribution in [3.05, 3.63) is 29.8 Å². The van der Waals surface area contributed by atoms with Crippen molar-refractivity contribution in [1.29, 1.82) is 0 Å². The molecule has 4 nitrogen and oxygen atoms in total. The van der Waals surface area contributed by atoms with Crippen LogP contribution in [0.3, 0.4) is 0 Å². The maximum Gasteiger partial charge on any atom is 0.148 e. The normalized spacial score (nSPS) is 13.4. The number of ether oxygens (including phenoxy) is 1. The Hall–Kier alpha value is -1.07. The van der Waals surface area contributed by atoms with Crippen LogP contribution in [-0.2, 0) is 9.84 Å².